The van der Waals surface area contributed by atoms with Crippen LogP contribution in [0.15, 0.2) is 36.4 Å². The van der Waals surface area contributed by atoms with Gasteiger partial charge in [0.05, 0.1) is 17.0 Å². The minimum Gasteiger partial charge on any atom is -0.330 e. The number of aromatic nitrogens is 2. The van der Waals surface area contributed by atoms with Crippen LogP contribution in [0.1, 0.15) is 28.2 Å². The van der Waals surface area contributed by atoms with Crippen molar-refractivity contribution in [3.63, 3.8) is 0 Å². The van der Waals surface area contributed by atoms with E-state index in [1.807, 2.05) is 37.3 Å². The molecular weight excluding hydrogens is 264 g/mol. The highest BCUT2D eigenvalue weighted by Gasteiger charge is 2.20. The maximum atomic E-state index is 12.8. The Bertz CT molecular complexity index is 613. The minimum absolute atomic E-state index is 0.0647. The fraction of sp³-hybridized carbons (Fsp3) is 0.312. The molecule has 0 unspecified atom stereocenters. The van der Waals surface area contributed by atoms with Gasteiger partial charge < -0.3 is 10.6 Å². The number of aryl methyl sites for hydroxylation is 2. The van der Waals surface area contributed by atoms with Crippen molar-refractivity contribution < 1.29 is 4.79 Å². The smallest absolute Gasteiger partial charge is 0.260 e. The van der Waals surface area contributed by atoms with Gasteiger partial charge >= 0.3 is 0 Å². The number of rotatable bonds is 5. The summed E-state index contributed by atoms with van der Waals surface area (Å²) >= 11 is 0. The van der Waals surface area contributed by atoms with E-state index in [-0.39, 0.29) is 5.91 Å². The van der Waals surface area contributed by atoms with Gasteiger partial charge in [-0.25, -0.2) is 0 Å². The molecule has 0 spiro atoms. The lowest BCUT2D eigenvalue weighted by Gasteiger charge is -2.23. The van der Waals surface area contributed by atoms with E-state index in [4.69, 9.17) is 5.73 Å². The summed E-state index contributed by atoms with van der Waals surface area (Å²) in [5.74, 6) is -0.0647. The molecule has 0 aliphatic heterocycles. The lowest BCUT2D eigenvalue weighted by atomic mass is 10.1. The molecule has 2 N–H and O–H groups in total. The van der Waals surface area contributed by atoms with Gasteiger partial charge in [-0.2, -0.15) is 10.2 Å². The Morgan fingerprint density at radius 1 is 1.19 bits per heavy atom. The Morgan fingerprint density at radius 3 is 2.57 bits per heavy atom. The van der Waals surface area contributed by atoms with Crippen molar-refractivity contribution in [3.8, 4) is 0 Å². The quantitative estimate of drug-likeness (QED) is 0.912. The second-order valence-electron chi connectivity index (χ2n) is 4.92. The highest BCUT2D eigenvalue weighted by Crippen LogP contribution is 2.18. The maximum Gasteiger partial charge on any atom is 0.260 e. The summed E-state index contributed by atoms with van der Waals surface area (Å²) in [6.07, 6.45) is 0.747. The van der Waals surface area contributed by atoms with Gasteiger partial charge in [0.15, 0.2) is 0 Å². The summed E-state index contributed by atoms with van der Waals surface area (Å²) < 4.78 is 0. The van der Waals surface area contributed by atoms with Crippen LogP contribution in [-0.2, 0) is 0 Å². The standard InChI is InChI=1S/C16H20N4O/c1-12-11-15(13(2)19-18-12)16(21)20(10-6-9-17)14-7-4-3-5-8-14/h3-5,7-8,11H,6,9-10,17H2,1-2H3. The first-order chi connectivity index (χ1) is 10.1. The number of anilines is 1. The largest absolute Gasteiger partial charge is 0.330 e. The van der Waals surface area contributed by atoms with Crippen molar-refractivity contribution in [2.24, 2.45) is 5.73 Å². The van der Waals surface area contributed by atoms with Crippen LogP contribution in [0.4, 0.5) is 5.69 Å². The summed E-state index contributed by atoms with van der Waals surface area (Å²) in [6.45, 7) is 4.76. The molecule has 0 fully saturated rings. The number of carbonyl (C=O) groups excluding carboxylic acids is 1. The average Bonchev–Trinajstić information content (AvgIpc) is 2.51. The Labute approximate surface area is 124 Å². The molecule has 0 bridgehead atoms. The van der Waals surface area contributed by atoms with E-state index in [9.17, 15) is 4.79 Å². The molecule has 5 heteroatoms. The summed E-state index contributed by atoms with van der Waals surface area (Å²) in [4.78, 5) is 14.6. The molecule has 0 aliphatic rings. The highest BCUT2D eigenvalue weighted by molar-refractivity contribution is 6.06. The van der Waals surface area contributed by atoms with Gasteiger partial charge in [-0.3, -0.25) is 4.79 Å². The third-order valence-electron chi connectivity index (χ3n) is 3.23. The normalized spacial score (nSPS) is 10.4. The van der Waals surface area contributed by atoms with Crippen LogP contribution in [0, 0.1) is 13.8 Å². The molecule has 0 saturated heterocycles. The Hall–Kier alpha value is -2.27. The van der Waals surface area contributed by atoms with Gasteiger partial charge in [-0.15, -0.1) is 0 Å². The lowest BCUT2D eigenvalue weighted by Crippen LogP contribution is -2.33. The highest BCUT2D eigenvalue weighted by atomic mass is 16.2. The number of hydrogen-bond donors (Lipinski definition) is 1. The number of benzene rings is 1. The van der Waals surface area contributed by atoms with Gasteiger partial charge in [0.1, 0.15) is 0 Å². The van der Waals surface area contributed by atoms with E-state index in [0.717, 1.165) is 17.8 Å². The van der Waals surface area contributed by atoms with Crippen molar-refractivity contribution in [1.82, 2.24) is 10.2 Å². The van der Waals surface area contributed by atoms with Gasteiger partial charge in [0, 0.05) is 12.2 Å². The van der Waals surface area contributed by atoms with Crippen molar-refractivity contribution >= 4 is 11.6 Å². The van der Waals surface area contributed by atoms with Crippen LogP contribution >= 0.6 is 0 Å². The molecule has 2 aromatic rings. The summed E-state index contributed by atoms with van der Waals surface area (Å²) in [5, 5.41) is 8.01. The maximum absolute atomic E-state index is 12.8. The number of amides is 1. The minimum atomic E-state index is -0.0647. The molecular formula is C16H20N4O. The number of nitrogens with zero attached hydrogens (tertiary/aromatic N) is 3. The SMILES string of the molecule is Cc1cc(C(=O)N(CCCN)c2ccccc2)c(C)nn1. The predicted molar refractivity (Wildman–Crippen MR) is 83.3 cm³/mol. The third kappa shape index (κ3) is 3.64. The van der Waals surface area contributed by atoms with Gasteiger partial charge in [0.25, 0.3) is 5.91 Å². The molecule has 0 aliphatic carbocycles. The molecule has 2 rings (SSSR count). The molecule has 0 atom stereocenters. The Morgan fingerprint density at radius 2 is 1.90 bits per heavy atom. The number of hydrogen-bond acceptors (Lipinski definition) is 4. The lowest BCUT2D eigenvalue weighted by molar-refractivity contribution is 0.0985. The molecule has 1 heterocycles. The van der Waals surface area contributed by atoms with Crippen molar-refractivity contribution in [3.05, 3.63) is 53.3 Å². The van der Waals surface area contributed by atoms with E-state index in [2.05, 4.69) is 10.2 Å². The van der Waals surface area contributed by atoms with E-state index in [1.165, 1.54) is 0 Å². The van der Waals surface area contributed by atoms with Crippen LogP contribution < -0.4 is 10.6 Å². The van der Waals surface area contributed by atoms with Crippen LogP contribution in [0.2, 0.25) is 0 Å². The summed E-state index contributed by atoms with van der Waals surface area (Å²) in [6, 6.07) is 11.4. The van der Waals surface area contributed by atoms with E-state index < -0.39 is 0 Å². The predicted octanol–water partition coefficient (Wildman–Crippen LogP) is 2.09. The monoisotopic (exact) mass is 284 g/mol. The fourth-order valence-electron chi connectivity index (χ4n) is 2.12. The first-order valence-corrected chi connectivity index (χ1v) is 7.01. The van der Waals surface area contributed by atoms with E-state index in [0.29, 0.717) is 24.3 Å². The van der Waals surface area contributed by atoms with Crippen LogP contribution in [0.3, 0.4) is 0 Å². The average molecular weight is 284 g/mol. The first-order valence-electron chi connectivity index (χ1n) is 7.01. The molecule has 0 saturated carbocycles. The molecule has 21 heavy (non-hydrogen) atoms. The van der Waals surface area contributed by atoms with Crippen molar-refractivity contribution in [2.45, 2.75) is 20.3 Å². The van der Waals surface area contributed by atoms with Crippen LogP contribution in [0.25, 0.3) is 0 Å². The Kier molecular flexibility index (Phi) is 5.00. The number of para-hydroxylation sites is 1. The van der Waals surface area contributed by atoms with Gasteiger partial charge in [0.2, 0.25) is 0 Å². The van der Waals surface area contributed by atoms with Crippen molar-refractivity contribution in [2.75, 3.05) is 18.0 Å². The topological polar surface area (TPSA) is 72.1 Å². The zero-order valence-electron chi connectivity index (χ0n) is 12.4. The zero-order chi connectivity index (χ0) is 15.2. The van der Waals surface area contributed by atoms with Crippen LogP contribution in [-0.4, -0.2) is 29.2 Å². The van der Waals surface area contributed by atoms with Gasteiger partial charge in [-0.1, -0.05) is 18.2 Å². The number of carbonyl (C=O) groups is 1. The molecule has 1 amide bonds. The summed E-state index contributed by atoms with van der Waals surface area (Å²) in [7, 11) is 0. The van der Waals surface area contributed by atoms with Crippen LogP contribution in [0.5, 0.6) is 0 Å². The number of nitrogens with two attached hydrogens (primary N) is 1. The fourth-order valence-corrected chi connectivity index (χ4v) is 2.12. The van der Waals surface area contributed by atoms with Crippen molar-refractivity contribution in [1.29, 1.82) is 0 Å². The Balaban J connectivity index is 2.36. The van der Waals surface area contributed by atoms with Gasteiger partial charge in [-0.05, 0) is 45.0 Å². The molecule has 5 nitrogen and oxygen atoms in total. The molecule has 0 radical (unpaired) electrons. The molecule has 1 aromatic carbocycles. The second kappa shape index (κ2) is 6.95. The molecule has 1 aromatic heterocycles. The summed E-state index contributed by atoms with van der Waals surface area (Å²) in [5.41, 5.74) is 8.41. The molecule has 110 valence electrons. The van der Waals surface area contributed by atoms with E-state index >= 15 is 0 Å². The third-order valence-corrected chi connectivity index (χ3v) is 3.23. The second-order valence-corrected chi connectivity index (χ2v) is 4.92. The first kappa shape index (κ1) is 15.1. The van der Waals surface area contributed by atoms with E-state index in [1.54, 1.807) is 17.9 Å². The zero-order valence-corrected chi connectivity index (χ0v) is 12.4.